The van der Waals surface area contributed by atoms with E-state index in [1.54, 1.807) is 0 Å². The van der Waals surface area contributed by atoms with Crippen LogP contribution in [0.4, 0.5) is 4.79 Å². The summed E-state index contributed by atoms with van der Waals surface area (Å²) in [6, 6.07) is 0. The predicted octanol–water partition coefficient (Wildman–Crippen LogP) is 1.28. The van der Waals surface area contributed by atoms with E-state index in [4.69, 9.17) is 4.74 Å². The first kappa shape index (κ1) is 8.31. The number of carbonyl (C=O) groups excluding carboxylic acids is 1. The van der Waals surface area contributed by atoms with Crippen LogP contribution in [-0.4, -0.2) is 23.9 Å². The van der Waals surface area contributed by atoms with E-state index in [0.717, 1.165) is 31.3 Å². The maximum absolute atomic E-state index is 10.9. The van der Waals surface area contributed by atoms with Crippen molar-refractivity contribution in [1.82, 2.24) is 5.32 Å². The van der Waals surface area contributed by atoms with Gasteiger partial charge in [0.15, 0.2) is 0 Å². The molecule has 0 aromatic heterocycles. The third-order valence-corrected chi connectivity index (χ3v) is 3.47. The highest BCUT2D eigenvalue weighted by Gasteiger charge is 2.42. The van der Waals surface area contributed by atoms with Crippen LogP contribution >= 0.6 is 9.24 Å². The third-order valence-electron chi connectivity index (χ3n) is 2.81. The van der Waals surface area contributed by atoms with E-state index in [1.165, 1.54) is 0 Å². The van der Waals surface area contributed by atoms with Crippen molar-refractivity contribution in [1.29, 1.82) is 0 Å². The van der Waals surface area contributed by atoms with Crippen LogP contribution in [0.1, 0.15) is 25.7 Å². The minimum atomic E-state index is -0.239. The standard InChI is InChI=1S/C8H14NO2P/c10-7-9-5-8(11-7)3-1-6(12)2-4-8/h6H,1-5,12H2,(H,9,10). The van der Waals surface area contributed by atoms with Crippen LogP contribution in [0.15, 0.2) is 0 Å². The Labute approximate surface area is 74.4 Å². The fraction of sp³-hybridized carbons (Fsp3) is 0.875. The third kappa shape index (κ3) is 1.42. The van der Waals surface area contributed by atoms with Gasteiger partial charge in [0, 0.05) is 0 Å². The van der Waals surface area contributed by atoms with Crippen LogP contribution in [0.3, 0.4) is 0 Å². The Morgan fingerprint density at radius 2 is 2.17 bits per heavy atom. The zero-order chi connectivity index (χ0) is 8.60. The van der Waals surface area contributed by atoms with Gasteiger partial charge in [0.1, 0.15) is 5.60 Å². The molecule has 68 valence electrons. The summed E-state index contributed by atoms with van der Waals surface area (Å²) < 4.78 is 5.28. The lowest BCUT2D eigenvalue weighted by Crippen LogP contribution is -2.37. The van der Waals surface area contributed by atoms with Gasteiger partial charge in [0.25, 0.3) is 0 Å². The highest BCUT2D eigenvalue weighted by Crippen LogP contribution is 2.36. The van der Waals surface area contributed by atoms with Gasteiger partial charge in [0.05, 0.1) is 6.54 Å². The monoisotopic (exact) mass is 187 g/mol. The Morgan fingerprint density at radius 1 is 1.50 bits per heavy atom. The van der Waals surface area contributed by atoms with Crippen molar-refractivity contribution in [2.24, 2.45) is 0 Å². The van der Waals surface area contributed by atoms with Crippen molar-refractivity contribution in [3.05, 3.63) is 0 Å². The molecule has 1 amide bonds. The van der Waals surface area contributed by atoms with E-state index in [-0.39, 0.29) is 11.7 Å². The van der Waals surface area contributed by atoms with Crippen LogP contribution in [-0.2, 0) is 4.74 Å². The number of rotatable bonds is 0. The molecule has 0 aromatic rings. The normalized spacial score (nSPS) is 41.1. The van der Waals surface area contributed by atoms with Gasteiger partial charge in [0.2, 0.25) is 0 Å². The first-order valence-electron chi connectivity index (χ1n) is 4.43. The fourth-order valence-corrected chi connectivity index (χ4v) is 2.28. The molecule has 3 nitrogen and oxygen atoms in total. The van der Waals surface area contributed by atoms with Crippen molar-refractivity contribution in [2.45, 2.75) is 36.9 Å². The molecule has 1 unspecified atom stereocenters. The van der Waals surface area contributed by atoms with Crippen LogP contribution in [0, 0.1) is 0 Å². The van der Waals surface area contributed by atoms with Gasteiger partial charge in [-0.3, -0.25) is 0 Å². The number of nitrogens with one attached hydrogen (secondary N) is 1. The molecule has 2 rings (SSSR count). The van der Waals surface area contributed by atoms with Crippen molar-refractivity contribution in [3.8, 4) is 0 Å². The number of hydrogen-bond donors (Lipinski definition) is 1. The van der Waals surface area contributed by atoms with Crippen LogP contribution in [0.2, 0.25) is 0 Å². The molecule has 12 heavy (non-hydrogen) atoms. The van der Waals surface area contributed by atoms with Crippen molar-refractivity contribution in [3.63, 3.8) is 0 Å². The van der Waals surface area contributed by atoms with E-state index in [1.807, 2.05) is 0 Å². The van der Waals surface area contributed by atoms with Gasteiger partial charge in [-0.2, -0.15) is 0 Å². The fourth-order valence-electron chi connectivity index (χ4n) is 1.95. The average molecular weight is 187 g/mol. The Hall–Kier alpha value is -0.300. The molecule has 2 fully saturated rings. The summed E-state index contributed by atoms with van der Waals surface area (Å²) in [6.45, 7) is 0.712. The van der Waals surface area contributed by atoms with Gasteiger partial charge in [-0.25, -0.2) is 4.79 Å². The summed E-state index contributed by atoms with van der Waals surface area (Å²) in [6.07, 6.45) is 4.09. The minimum Gasteiger partial charge on any atom is -0.441 e. The zero-order valence-electron chi connectivity index (χ0n) is 7.01. The number of hydrogen-bond acceptors (Lipinski definition) is 2. The quantitative estimate of drug-likeness (QED) is 0.580. The minimum absolute atomic E-state index is 0.149. The van der Waals surface area contributed by atoms with Crippen LogP contribution < -0.4 is 5.32 Å². The lowest BCUT2D eigenvalue weighted by atomic mass is 9.85. The average Bonchev–Trinajstić information content (AvgIpc) is 2.40. The lowest BCUT2D eigenvalue weighted by Gasteiger charge is -2.33. The Balaban J connectivity index is 1.99. The van der Waals surface area contributed by atoms with Crippen LogP contribution in [0.5, 0.6) is 0 Å². The van der Waals surface area contributed by atoms with E-state index >= 15 is 0 Å². The van der Waals surface area contributed by atoms with E-state index in [0.29, 0.717) is 6.54 Å². The predicted molar refractivity (Wildman–Crippen MR) is 49.2 cm³/mol. The van der Waals surface area contributed by atoms with E-state index in [9.17, 15) is 4.79 Å². The molecule has 2 aliphatic rings. The van der Waals surface area contributed by atoms with Gasteiger partial charge in [-0.05, 0) is 31.3 Å². The maximum atomic E-state index is 10.9. The smallest absolute Gasteiger partial charge is 0.407 e. The summed E-state index contributed by atoms with van der Waals surface area (Å²) in [5.41, 5.74) is 0.569. The second-order valence-corrected chi connectivity index (χ2v) is 4.71. The number of alkyl carbamates (subject to hydrolysis) is 1. The van der Waals surface area contributed by atoms with Gasteiger partial charge in [-0.1, -0.05) is 0 Å². The Kier molecular flexibility index (Phi) is 1.99. The molecule has 1 N–H and O–H groups in total. The van der Waals surface area contributed by atoms with Gasteiger partial charge < -0.3 is 10.1 Å². The Morgan fingerprint density at radius 3 is 2.67 bits per heavy atom. The molecule has 1 aliphatic carbocycles. The second kappa shape index (κ2) is 2.88. The summed E-state index contributed by atoms with van der Waals surface area (Å²) in [4.78, 5) is 10.9. The van der Waals surface area contributed by atoms with Gasteiger partial charge in [-0.15, -0.1) is 9.24 Å². The molecule has 0 aromatic carbocycles. The summed E-state index contributed by atoms with van der Waals surface area (Å²) in [7, 11) is 2.84. The summed E-state index contributed by atoms with van der Waals surface area (Å²) in [5.74, 6) is 0. The molecule has 1 heterocycles. The number of ether oxygens (including phenoxy) is 1. The SMILES string of the molecule is O=C1NCC2(CCC(P)CC2)O1. The highest BCUT2D eigenvalue weighted by atomic mass is 31.0. The summed E-state index contributed by atoms with van der Waals surface area (Å²) >= 11 is 0. The van der Waals surface area contributed by atoms with Crippen molar-refractivity contribution >= 4 is 15.3 Å². The maximum Gasteiger partial charge on any atom is 0.407 e. The lowest BCUT2D eigenvalue weighted by molar-refractivity contribution is 0.0272. The van der Waals surface area contributed by atoms with E-state index in [2.05, 4.69) is 14.6 Å². The second-order valence-electron chi connectivity index (χ2n) is 3.76. The van der Waals surface area contributed by atoms with Crippen molar-refractivity contribution < 1.29 is 9.53 Å². The Bertz CT molecular complexity index is 199. The largest absolute Gasteiger partial charge is 0.441 e. The molecule has 0 bridgehead atoms. The van der Waals surface area contributed by atoms with Crippen molar-refractivity contribution in [2.75, 3.05) is 6.54 Å². The first-order valence-corrected chi connectivity index (χ1v) is 5.09. The molecule has 4 heteroatoms. The number of amides is 1. The van der Waals surface area contributed by atoms with E-state index < -0.39 is 0 Å². The zero-order valence-corrected chi connectivity index (χ0v) is 8.16. The molecule has 1 aliphatic heterocycles. The molecule has 1 saturated heterocycles. The number of carbonyl (C=O) groups is 1. The molecular weight excluding hydrogens is 173 g/mol. The van der Waals surface area contributed by atoms with Crippen LogP contribution in [0.25, 0.3) is 0 Å². The molecule has 1 atom stereocenters. The molecule has 1 spiro atoms. The summed E-state index contributed by atoms with van der Waals surface area (Å²) in [5, 5.41) is 2.73. The first-order chi connectivity index (χ1) is 5.70. The molecule has 0 radical (unpaired) electrons. The topological polar surface area (TPSA) is 38.3 Å². The highest BCUT2D eigenvalue weighted by molar-refractivity contribution is 7.17. The van der Waals surface area contributed by atoms with Gasteiger partial charge >= 0.3 is 6.09 Å². The molecular formula is C8H14NO2P. The molecule has 1 saturated carbocycles.